The Morgan fingerprint density at radius 2 is 1.67 bits per heavy atom. The van der Waals surface area contributed by atoms with E-state index >= 15 is 0 Å². The molecule has 0 amide bonds. The van der Waals surface area contributed by atoms with Gasteiger partial charge in [0.2, 0.25) is 0 Å². The average Bonchev–Trinajstić information content (AvgIpc) is 2.71. The predicted octanol–water partition coefficient (Wildman–Crippen LogP) is 8.26. The van der Waals surface area contributed by atoms with Crippen molar-refractivity contribution in [3.05, 3.63) is 35.1 Å². The Balaban J connectivity index is 1.43. The minimum atomic E-state index is -0.000862. The maximum atomic E-state index is 14.3. The van der Waals surface area contributed by atoms with E-state index in [-0.39, 0.29) is 5.82 Å². The van der Waals surface area contributed by atoms with Crippen molar-refractivity contribution in [1.82, 2.24) is 0 Å². The van der Waals surface area contributed by atoms with Crippen molar-refractivity contribution in [2.75, 3.05) is 11.5 Å². The van der Waals surface area contributed by atoms with E-state index in [4.69, 9.17) is 0 Å². The van der Waals surface area contributed by atoms with E-state index in [2.05, 4.69) is 43.4 Å². The molecule has 1 saturated carbocycles. The summed E-state index contributed by atoms with van der Waals surface area (Å²) in [5, 5.41) is 0. The van der Waals surface area contributed by atoms with Gasteiger partial charge in [-0.1, -0.05) is 70.9 Å². The van der Waals surface area contributed by atoms with E-state index < -0.39 is 0 Å². The lowest BCUT2D eigenvalue weighted by Gasteiger charge is -2.37. The Morgan fingerprint density at radius 3 is 2.30 bits per heavy atom. The minimum Gasteiger partial charge on any atom is -0.207 e. The molecule has 1 aliphatic carbocycles. The van der Waals surface area contributed by atoms with Crippen LogP contribution in [0.25, 0.3) is 0 Å². The van der Waals surface area contributed by atoms with Crippen LogP contribution in [0.5, 0.6) is 0 Å². The molecule has 3 heteroatoms. The number of halogens is 1. The van der Waals surface area contributed by atoms with Crippen molar-refractivity contribution < 1.29 is 4.39 Å². The van der Waals surface area contributed by atoms with Gasteiger partial charge in [-0.3, -0.25) is 0 Å². The van der Waals surface area contributed by atoms with Crippen LogP contribution < -0.4 is 0 Å². The molecular formula is C24H37FS2. The molecule has 0 bridgehead atoms. The average molecular weight is 409 g/mol. The number of unbranched alkanes of at least 4 members (excludes halogenated alkanes) is 2. The van der Waals surface area contributed by atoms with Crippen molar-refractivity contribution in [2.24, 2.45) is 17.8 Å². The third kappa shape index (κ3) is 6.16. The van der Waals surface area contributed by atoms with E-state index in [1.54, 1.807) is 6.07 Å². The molecule has 0 radical (unpaired) electrons. The van der Waals surface area contributed by atoms with Crippen LogP contribution in [0.2, 0.25) is 0 Å². The van der Waals surface area contributed by atoms with E-state index in [9.17, 15) is 4.39 Å². The Hall–Kier alpha value is -0.150. The molecule has 0 unspecified atom stereocenters. The molecule has 1 heterocycles. The Bertz CT molecular complexity index is 557. The highest BCUT2D eigenvalue weighted by Crippen LogP contribution is 2.49. The van der Waals surface area contributed by atoms with Crippen molar-refractivity contribution in [1.29, 1.82) is 0 Å². The van der Waals surface area contributed by atoms with Crippen LogP contribution in [0.1, 0.15) is 87.3 Å². The summed E-state index contributed by atoms with van der Waals surface area (Å²) >= 11 is 4.12. The quantitative estimate of drug-likeness (QED) is 0.397. The molecule has 0 spiro atoms. The molecule has 0 N–H and O–H groups in total. The van der Waals surface area contributed by atoms with E-state index in [0.717, 1.165) is 36.2 Å². The number of aryl methyl sites for hydroxylation is 1. The van der Waals surface area contributed by atoms with Gasteiger partial charge in [0.15, 0.2) is 0 Å². The molecule has 27 heavy (non-hydrogen) atoms. The molecule has 152 valence electrons. The zero-order valence-electron chi connectivity index (χ0n) is 17.2. The molecule has 2 aliphatic rings. The first-order chi connectivity index (χ1) is 13.2. The smallest absolute Gasteiger partial charge is 0.126 e. The summed E-state index contributed by atoms with van der Waals surface area (Å²) in [6.07, 6.45) is 13.4. The fraction of sp³-hybridized carbons (Fsp3) is 0.750. The number of rotatable bonds is 8. The summed E-state index contributed by atoms with van der Waals surface area (Å²) in [7, 11) is 0. The van der Waals surface area contributed by atoms with Crippen LogP contribution >= 0.6 is 23.5 Å². The number of hydrogen-bond acceptors (Lipinski definition) is 2. The van der Waals surface area contributed by atoms with Crippen molar-refractivity contribution in [3.8, 4) is 0 Å². The molecule has 1 saturated heterocycles. The SMILES string of the molecule is CCCCC[C@H]1CC[C@H](C2CSC(c3ccc(CCC)c(F)c3)SC2)CC1. The maximum absolute atomic E-state index is 14.3. The van der Waals surface area contributed by atoms with Crippen molar-refractivity contribution in [3.63, 3.8) is 0 Å². The maximum Gasteiger partial charge on any atom is 0.126 e. The van der Waals surface area contributed by atoms with Crippen molar-refractivity contribution in [2.45, 2.75) is 82.6 Å². The van der Waals surface area contributed by atoms with Crippen LogP contribution in [0.3, 0.4) is 0 Å². The summed E-state index contributed by atoms with van der Waals surface area (Å²) in [6.45, 7) is 4.41. The second-order valence-corrected chi connectivity index (χ2v) is 11.2. The first-order valence-electron chi connectivity index (χ1n) is 11.2. The zero-order chi connectivity index (χ0) is 19.1. The molecule has 0 atom stereocenters. The monoisotopic (exact) mass is 408 g/mol. The topological polar surface area (TPSA) is 0 Å². The van der Waals surface area contributed by atoms with Crippen molar-refractivity contribution >= 4 is 23.5 Å². The molecule has 2 fully saturated rings. The first-order valence-corrected chi connectivity index (χ1v) is 13.3. The molecular weight excluding hydrogens is 371 g/mol. The molecule has 1 aromatic carbocycles. The van der Waals surface area contributed by atoms with Crippen LogP contribution in [0.15, 0.2) is 18.2 Å². The lowest BCUT2D eigenvalue weighted by atomic mass is 9.75. The third-order valence-electron chi connectivity index (χ3n) is 6.57. The summed E-state index contributed by atoms with van der Waals surface area (Å²) in [6, 6.07) is 5.99. The summed E-state index contributed by atoms with van der Waals surface area (Å²) < 4.78 is 14.7. The fourth-order valence-corrected chi connectivity index (χ4v) is 8.10. The standard InChI is InChI=1S/C24H37FS2/c1-3-5-6-8-18-9-11-19(12-10-18)22-16-26-24(27-17-22)21-14-13-20(7-4-2)23(25)15-21/h13-15,18-19,22,24H,3-12,16-17H2,1-2H3/t18-,19-,22?,24?. The zero-order valence-corrected chi connectivity index (χ0v) is 18.9. The van der Waals surface area contributed by atoms with Gasteiger partial charge in [-0.15, -0.1) is 23.5 Å². The lowest BCUT2D eigenvalue weighted by molar-refractivity contribution is 0.218. The molecule has 1 aromatic rings. The minimum absolute atomic E-state index is 0.000862. The molecule has 3 rings (SSSR count). The largest absolute Gasteiger partial charge is 0.207 e. The number of thioether (sulfide) groups is 2. The van der Waals surface area contributed by atoms with Gasteiger partial charge in [-0.05, 0) is 65.7 Å². The highest BCUT2D eigenvalue weighted by atomic mass is 32.2. The molecule has 0 aromatic heterocycles. The van der Waals surface area contributed by atoms with Crippen LogP contribution in [0, 0.1) is 23.6 Å². The summed E-state index contributed by atoms with van der Waals surface area (Å²) in [5.41, 5.74) is 2.06. The van der Waals surface area contributed by atoms with E-state index in [1.165, 1.54) is 68.4 Å². The number of benzene rings is 1. The lowest BCUT2D eigenvalue weighted by Crippen LogP contribution is -2.27. The van der Waals surface area contributed by atoms with Crippen LogP contribution in [-0.4, -0.2) is 11.5 Å². The first kappa shape index (κ1) is 21.6. The normalized spacial score (nSPS) is 29.0. The second kappa shape index (κ2) is 11.1. The molecule has 1 aliphatic heterocycles. The van der Waals surface area contributed by atoms with Gasteiger partial charge in [0, 0.05) is 0 Å². The Kier molecular flexibility index (Phi) is 8.90. The highest BCUT2D eigenvalue weighted by Gasteiger charge is 2.32. The fourth-order valence-electron chi connectivity index (χ4n) is 4.80. The van der Waals surface area contributed by atoms with Gasteiger partial charge in [0.05, 0.1) is 4.58 Å². The van der Waals surface area contributed by atoms with E-state index in [1.807, 2.05) is 6.07 Å². The van der Waals surface area contributed by atoms with Gasteiger partial charge in [-0.25, -0.2) is 4.39 Å². The van der Waals surface area contributed by atoms with Crippen LogP contribution in [0.4, 0.5) is 4.39 Å². The molecule has 0 nitrogen and oxygen atoms in total. The van der Waals surface area contributed by atoms with Crippen LogP contribution in [-0.2, 0) is 6.42 Å². The third-order valence-corrected chi connectivity index (χ3v) is 9.77. The van der Waals surface area contributed by atoms with Gasteiger partial charge in [0.1, 0.15) is 5.82 Å². The summed E-state index contributed by atoms with van der Waals surface area (Å²) in [5.74, 6) is 5.35. The summed E-state index contributed by atoms with van der Waals surface area (Å²) in [4.78, 5) is 0. The van der Waals surface area contributed by atoms with Gasteiger partial charge < -0.3 is 0 Å². The van der Waals surface area contributed by atoms with Gasteiger partial charge in [-0.2, -0.15) is 0 Å². The van der Waals surface area contributed by atoms with Gasteiger partial charge in [0.25, 0.3) is 0 Å². The predicted molar refractivity (Wildman–Crippen MR) is 121 cm³/mol. The Labute approximate surface area is 174 Å². The number of hydrogen-bond donors (Lipinski definition) is 0. The Morgan fingerprint density at radius 1 is 0.926 bits per heavy atom. The van der Waals surface area contributed by atoms with E-state index in [0.29, 0.717) is 4.58 Å². The second-order valence-electron chi connectivity index (χ2n) is 8.64. The highest BCUT2D eigenvalue weighted by molar-refractivity contribution is 8.16. The van der Waals surface area contributed by atoms with Gasteiger partial charge >= 0.3 is 0 Å².